The first-order valence-electron chi connectivity index (χ1n) is 4.10. The van der Waals surface area contributed by atoms with E-state index in [1.54, 1.807) is 7.11 Å². The Kier molecular flexibility index (Phi) is 9.54. The summed E-state index contributed by atoms with van der Waals surface area (Å²) >= 11 is 0. The van der Waals surface area contributed by atoms with Crippen LogP contribution in [0.3, 0.4) is 0 Å². The smallest absolute Gasteiger partial charge is 0.158 e. The molecule has 0 radical (unpaired) electrons. The molecule has 1 aromatic carbocycles. The number of oxime groups is 1. The van der Waals surface area contributed by atoms with Crippen LogP contribution in [0.2, 0.25) is 0 Å². The third-order valence-corrected chi connectivity index (χ3v) is 1.69. The number of rotatable bonds is 4. The maximum atomic E-state index is 8.30. The van der Waals surface area contributed by atoms with E-state index in [9.17, 15) is 0 Å². The molecule has 0 spiro atoms. The zero-order valence-electron chi connectivity index (χ0n) is 8.71. The molecular weight excluding hydrogens is 253 g/mol. The van der Waals surface area contributed by atoms with Crippen LogP contribution in [0.4, 0.5) is 5.69 Å². The van der Waals surface area contributed by atoms with Gasteiger partial charge in [0.1, 0.15) is 5.75 Å². The van der Waals surface area contributed by atoms with Crippen molar-refractivity contribution in [2.24, 2.45) is 10.9 Å². The van der Waals surface area contributed by atoms with Gasteiger partial charge in [-0.15, -0.1) is 24.8 Å². The molecule has 0 amide bonds. The van der Waals surface area contributed by atoms with Crippen LogP contribution in [-0.2, 0) is 0 Å². The van der Waals surface area contributed by atoms with Gasteiger partial charge in [-0.25, -0.2) is 0 Å². The van der Waals surface area contributed by atoms with Gasteiger partial charge in [0.05, 0.1) is 13.7 Å². The first kappa shape index (κ1) is 17.1. The molecule has 16 heavy (non-hydrogen) atoms. The number of methoxy groups -OCH3 is 1. The Balaban J connectivity index is 0. The van der Waals surface area contributed by atoms with E-state index in [-0.39, 0.29) is 30.6 Å². The number of hydrogen-bond acceptors (Lipinski definition) is 4. The first-order valence-corrected chi connectivity index (χ1v) is 4.10. The standard InChI is InChI=1S/C9H13N3O2.2ClH/c1-14-8-4-2-7(3-5-8)11-6-9(10)12-13;;/h2-5,11,13H,6H2,1H3,(H2,10,12);2*1H. The fourth-order valence-electron chi connectivity index (χ4n) is 0.937. The Bertz CT molecular complexity index is 317. The number of halogens is 2. The van der Waals surface area contributed by atoms with Gasteiger partial charge in [0.25, 0.3) is 0 Å². The van der Waals surface area contributed by atoms with Crippen LogP contribution in [0.25, 0.3) is 0 Å². The first-order chi connectivity index (χ1) is 6.76. The van der Waals surface area contributed by atoms with E-state index < -0.39 is 0 Å². The Morgan fingerprint density at radius 2 is 1.94 bits per heavy atom. The average molecular weight is 268 g/mol. The van der Waals surface area contributed by atoms with Gasteiger partial charge >= 0.3 is 0 Å². The predicted octanol–water partition coefficient (Wildman–Crippen LogP) is 1.70. The molecule has 0 saturated carbocycles. The number of amidine groups is 1. The van der Waals surface area contributed by atoms with Gasteiger partial charge in [-0.2, -0.15) is 0 Å². The number of hydrogen-bond donors (Lipinski definition) is 3. The van der Waals surface area contributed by atoms with E-state index in [4.69, 9.17) is 15.7 Å². The van der Waals surface area contributed by atoms with Crippen LogP contribution in [0, 0.1) is 0 Å². The molecule has 0 fully saturated rings. The fourth-order valence-corrected chi connectivity index (χ4v) is 0.937. The molecule has 92 valence electrons. The van der Waals surface area contributed by atoms with Crippen LogP contribution in [0.1, 0.15) is 0 Å². The minimum absolute atomic E-state index is 0. The van der Waals surface area contributed by atoms with Gasteiger partial charge in [-0.1, -0.05) is 5.16 Å². The second kappa shape index (κ2) is 8.94. The number of anilines is 1. The molecule has 0 heterocycles. The minimum Gasteiger partial charge on any atom is -0.497 e. The van der Waals surface area contributed by atoms with Crippen LogP contribution in [-0.4, -0.2) is 24.7 Å². The maximum absolute atomic E-state index is 8.30. The molecule has 0 atom stereocenters. The third kappa shape index (κ3) is 5.53. The summed E-state index contributed by atoms with van der Waals surface area (Å²) in [6.45, 7) is 0.308. The van der Waals surface area contributed by atoms with Crippen molar-refractivity contribution in [2.45, 2.75) is 0 Å². The summed E-state index contributed by atoms with van der Waals surface area (Å²) in [4.78, 5) is 0. The van der Waals surface area contributed by atoms with Crippen molar-refractivity contribution in [3.63, 3.8) is 0 Å². The topological polar surface area (TPSA) is 79.9 Å². The summed E-state index contributed by atoms with van der Waals surface area (Å²) in [6, 6.07) is 7.36. The van der Waals surface area contributed by atoms with Crippen molar-refractivity contribution in [1.29, 1.82) is 0 Å². The second-order valence-electron chi connectivity index (χ2n) is 2.67. The van der Waals surface area contributed by atoms with Gasteiger partial charge in [-0.05, 0) is 24.3 Å². The lowest BCUT2D eigenvalue weighted by Crippen LogP contribution is -2.22. The third-order valence-electron chi connectivity index (χ3n) is 1.69. The summed E-state index contributed by atoms with van der Waals surface area (Å²) in [5.74, 6) is 0.931. The quantitative estimate of drug-likeness (QED) is 0.336. The van der Waals surface area contributed by atoms with Gasteiger partial charge in [-0.3, -0.25) is 0 Å². The van der Waals surface area contributed by atoms with Crippen LogP contribution in [0.5, 0.6) is 5.75 Å². The highest BCUT2D eigenvalue weighted by Crippen LogP contribution is 2.14. The van der Waals surface area contributed by atoms with Crippen molar-refractivity contribution in [3.05, 3.63) is 24.3 Å². The number of benzene rings is 1. The molecule has 0 saturated heterocycles. The number of nitrogens with two attached hydrogens (primary N) is 1. The van der Waals surface area contributed by atoms with E-state index in [2.05, 4.69) is 10.5 Å². The van der Waals surface area contributed by atoms with Gasteiger partial charge in [0.2, 0.25) is 0 Å². The van der Waals surface area contributed by atoms with Gasteiger partial charge < -0.3 is 21.0 Å². The lowest BCUT2D eigenvalue weighted by Gasteiger charge is -2.05. The van der Waals surface area contributed by atoms with Crippen molar-refractivity contribution < 1.29 is 9.94 Å². The molecule has 7 heteroatoms. The molecule has 0 aliphatic rings. The zero-order valence-corrected chi connectivity index (χ0v) is 10.3. The molecule has 0 unspecified atom stereocenters. The summed E-state index contributed by atoms with van der Waals surface area (Å²) in [5.41, 5.74) is 6.18. The monoisotopic (exact) mass is 267 g/mol. The molecule has 0 aliphatic carbocycles. The minimum atomic E-state index is 0. The van der Waals surface area contributed by atoms with Crippen molar-refractivity contribution >= 4 is 36.3 Å². The van der Waals surface area contributed by atoms with Gasteiger partial charge in [0.15, 0.2) is 5.84 Å². The van der Waals surface area contributed by atoms with E-state index >= 15 is 0 Å². The average Bonchev–Trinajstić information content (AvgIpc) is 2.26. The summed E-state index contributed by atoms with van der Waals surface area (Å²) in [5, 5.41) is 14.1. The molecule has 0 bridgehead atoms. The van der Waals surface area contributed by atoms with Crippen LogP contribution >= 0.6 is 24.8 Å². The zero-order chi connectivity index (χ0) is 10.4. The van der Waals surface area contributed by atoms with Crippen molar-refractivity contribution in [2.75, 3.05) is 19.0 Å². The Morgan fingerprint density at radius 3 is 2.38 bits per heavy atom. The van der Waals surface area contributed by atoms with Crippen LogP contribution < -0.4 is 15.8 Å². The highest BCUT2D eigenvalue weighted by Gasteiger charge is 1.95. The van der Waals surface area contributed by atoms with E-state index in [0.717, 1.165) is 11.4 Å². The predicted molar refractivity (Wildman–Crippen MR) is 69.4 cm³/mol. The van der Waals surface area contributed by atoms with Gasteiger partial charge in [0, 0.05) is 5.69 Å². The second-order valence-corrected chi connectivity index (χ2v) is 2.67. The molecule has 4 N–H and O–H groups in total. The lowest BCUT2D eigenvalue weighted by atomic mass is 10.3. The molecule has 1 rings (SSSR count). The molecule has 1 aromatic rings. The summed E-state index contributed by atoms with van der Waals surface area (Å²) in [7, 11) is 1.61. The number of nitrogens with zero attached hydrogens (tertiary/aromatic N) is 1. The Hall–Kier alpha value is -1.33. The lowest BCUT2D eigenvalue weighted by molar-refractivity contribution is 0.317. The normalized spacial score (nSPS) is 9.69. The van der Waals surface area contributed by atoms with Crippen LogP contribution in [0.15, 0.2) is 29.4 Å². The molecular formula is C9H15Cl2N3O2. The molecule has 5 nitrogen and oxygen atoms in total. The highest BCUT2D eigenvalue weighted by molar-refractivity contribution is 5.85. The van der Waals surface area contributed by atoms with E-state index in [0.29, 0.717) is 6.54 Å². The fraction of sp³-hybridized carbons (Fsp3) is 0.222. The number of nitrogens with one attached hydrogen (secondary N) is 1. The maximum Gasteiger partial charge on any atom is 0.158 e. The van der Waals surface area contributed by atoms with E-state index in [1.165, 1.54) is 0 Å². The highest BCUT2D eigenvalue weighted by atomic mass is 35.5. The molecule has 0 aliphatic heterocycles. The largest absolute Gasteiger partial charge is 0.497 e. The Labute approximate surface area is 106 Å². The summed E-state index contributed by atoms with van der Waals surface area (Å²) in [6.07, 6.45) is 0. The summed E-state index contributed by atoms with van der Waals surface area (Å²) < 4.78 is 5.00. The number of ether oxygens (including phenoxy) is 1. The Morgan fingerprint density at radius 1 is 1.38 bits per heavy atom. The van der Waals surface area contributed by atoms with Crippen molar-refractivity contribution in [3.8, 4) is 5.75 Å². The van der Waals surface area contributed by atoms with Crippen molar-refractivity contribution in [1.82, 2.24) is 0 Å². The SMILES string of the molecule is COc1ccc(NCC(N)=NO)cc1.Cl.Cl. The van der Waals surface area contributed by atoms with E-state index in [1.807, 2.05) is 24.3 Å². The molecule has 0 aromatic heterocycles.